The highest BCUT2D eigenvalue weighted by Crippen LogP contribution is 2.38. The molecule has 4 rings (SSSR count). The zero-order valence-electron chi connectivity index (χ0n) is 13.5. The van der Waals surface area contributed by atoms with Crippen LogP contribution in [-0.4, -0.2) is 40.1 Å². The molecule has 24 heavy (non-hydrogen) atoms. The van der Waals surface area contributed by atoms with Crippen molar-refractivity contribution in [2.75, 3.05) is 13.1 Å². The summed E-state index contributed by atoms with van der Waals surface area (Å²) in [6, 6.07) is 5.76. The van der Waals surface area contributed by atoms with Crippen molar-refractivity contribution < 1.29 is 9.32 Å². The van der Waals surface area contributed by atoms with Crippen LogP contribution >= 0.6 is 12.4 Å². The van der Waals surface area contributed by atoms with Gasteiger partial charge < -0.3 is 15.2 Å². The van der Waals surface area contributed by atoms with E-state index in [1.807, 2.05) is 23.1 Å². The Labute approximate surface area is 146 Å². The fourth-order valence-electron chi connectivity index (χ4n) is 3.93. The molecule has 3 atom stereocenters. The fraction of sp³-hybridized carbons (Fsp3) is 0.471. The van der Waals surface area contributed by atoms with Crippen LogP contribution in [0.5, 0.6) is 0 Å². The summed E-state index contributed by atoms with van der Waals surface area (Å²) in [5.74, 6) is 1.48. The maximum absolute atomic E-state index is 13.0. The summed E-state index contributed by atoms with van der Waals surface area (Å²) in [5, 5.41) is 4.06. The summed E-state index contributed by atoms with van der Waals surface area (Å²) in [4.78, 5) is 19.2. The van der Waals surface area contributed by atoms with E-state index in [9.17, 15) is 4.79 Å². The molecule has 3 heterocycles. The molecule has 2 N–H and O–H groups in total. The van der Waals surface area contributed by atoms with Crippen molar-refractivity contribution in [3.63, 3.8) is 0 Å². The third-order valence-electron chi connectivity index (χ3n) is 5.18. The number of pyridine rings is 1. The number of likely N-dealkylation sites (tertiary alicyclic amines) is 1. The summed E-state index contributed by atoms with van der Waals surface area (Å²) in [6.07, 6.45) is 3.88. The van der Waals surface area contributed by atoms with E-state index in [0.29, 0.717) is 34.5 Å². The first-order chi connectivity index (χ1) is 11.1. The van der Waals surface area contributed by atoms with Gasteiger partial charge >= 0.3 is 0 Å². The van der Waals surface area contributed by atoms with E-state index >= 15 is 0 Å². The van der Waals surface area contributed by atoms with Crippen molar-refractivity contribution in [1.29, 1.82) is 0 Å². The van der Waals surface area contributed by atoms with Gasteiger partial charge in [0, 0.05) is 25.3 Å². The smallest absolute Gasteiger partial charge is 0.259 e. The van der Waals surface area contributed by atoms with Crippen molar-refractivity contribution in [3.05, 3.63) is 35.7 Å². The number of carbonyl (C=O) groups excluding carboxylic acids is 1. The lowest BCUT2D eigenvalue weighted by Gasteiger charge is -2.18. The molecule has 1 saturated carbocycles. The molecule has 1 aliphatic carbocycles. The monoisotopic (exact) mass is 348 g/mol. The van der Waals surface area contributed by atoms with E-state index in [2.05, 4.69) is 10.1 Å². The summed E-state index contributed by atoms with van der Waals surface area (Å²) in [6.45, 7) is 3.29. The van der Waals surface area contributed by atoms with Crippen molar-refractivity contribution in [1.82, 2.24) is 15.0 Å². The Morgan fingerprint density at radius 3 is 2.88 bits per heavy atom. The summed E-state index contributed by atoms with van der Waals surface area (Å²) < 4.78 is 5.28. The van der Waals surface area contributed by atoms with Crippen LogP contribution in [0.1, 0.15) is 29.0 Å². The van der Waals surface area contributed by atoms with Gasteiger partial charge in [0.05, 0.1) is 5.69 Å². The molecular formula is C17H21ClN4O2. The van der Waals surface area contributed by atoms with Crippen LogP contribution in [0.4, 0.5) is 0 Å². The Morgan fingerprint density at radius 2 is 2.17 bits per heavy atom. The Morgan fingerprint density at radius 1 is 1.33 bits per heavy atom. The number of rotatable bonds is 2. The highest BCUT2D eigenvalue weighted by molar-refractivity contribution is 6.00. The van der Waals surface area contributed by atoms with Crippen molar-refractivity contribution in [3.8, 4) is 11.4 Å². The zero-order chi connectivity index (χ0) is 16.0. The van der Waals surface area contributed by atoms with Gasteiger partial charge in [-0.25, -0.2) is 0 Å². The fourth-order valence-corrected chi connectivity index (χ4v) is 3.93. The molecule has 6 nitrogen and oxygen atoms in total. The number of hydrogen-bond donors (Lipinski definition) is 1. The second kappa shape index (κ2) is 6.53. The number of hydrogen-bond acceptors (Lipinski definition) is 5. The lowest BCUT2D eigenvalue weighted by molar-refractivity contribution is 0.0778. The summed E-state index contributed by atoms with van der Waals surface area (Å²) >= 11 is 0. The second-order valence-electron chi connectivity index (χ2n) is 6.55. The molecule has 2 aromatic heterocycles. The molecule has 1 aliphatic heterocycles. The van der Waals surface area contributed by atoms with Gasteiger partial charge in [-0.05, 0) is 43.7 Å². The van der Waals surface area contributed by atoms with Gasteiger partial charge in [0.15, 0.2) is 0 Å². The molecule has 2 fully saturated rings. The van der Waals surface area contributed by atoms with Crippen LogP contribution in [-0.2, 0) is 0 Å². The molecule has 0 spiro atoms. The van der Waals surface area contributed by atoms with Gasteiger partial charge in [0.2, 0.25) is 0 Å². The highest BCUT2D eigenvalue weighted by Gasteiger charge is 2.43. The van der Waals surface area contributed by atoms with Crippen LogP contribution in [0, 0.1) is 18.8 Å². The average molecular weight is 349 g/mol. The van der Waals surface area contributed by atoms with Gasteiger partial charge in [0.25, 0.3) is 5.91 Å². The number of halogens is 1. The van der Waals surface area contributed by atoms with Crippen LogP contribution in [0.25, 0.3) is 11.4 Å². The minimum atomic E-state index is -0.0222. The Hall–Kier alpha value is -1.92. The molecule has 1 saturated heterocycles. The van der Waals surface area contributed by atoms with E-state index in [0.717, 1.165) is 25.9 Å². The largest absolute Gasteiger partial charge is 0.360 e. The van der Waals surface area contributed by atoms with Crippen molar-refractivity contribution in [2.24, 2.45) is 17.6 Å². The maximum atomic E-state index is 13.0. The van der Waals surface area contributed by atoms with Gasteiger partial charge in [-0.1, -0.05) is 11.2 Å². The first kappa shape index (κ1) is 16.9. The van der Waals surface area contributed by atoms with Gasteiger partial charge in [-0.15, -0.1) is 12.4 Å². The number of carbonyl (C=O) groups is 1. The second-order valence-corrected chi connectivity index (χ2v) is 6.55. The van der Waals surface area contributed by atoms with E-state index in [4.69, 9.17) is 10.3 Å². The number of nitrogens with zero attached hydrogens (tertiary/aromatic N) is 3. The van der Waals surface area contributed by atoms with Crippen molar-refractivity contribution in [2.45, 2.75) is 25.8 Å². The van der Waals surface area contributed by atoms with Crippen LogP contribution in [0.3, 0.4) is 0 Å². The Kier molecular flexibility index (Phi) is 4.60. The first-order valence-corrected chi connectivity index (χ1v) is 8.07. The van der Waals surface area contributed by atoms with Crippen LogP contribution in [0.15, 0.2) is 28.9 Å². The number of aryl methyl sites for hydroxylation is 1. The van der Waals surface area contributed by atoms with Crippen LogP contribution in [0.2, 0.25) is 0 Å². The molecule has 1 amide bonds. The molecule has 0 radical (unpaired) electrons. The van der Waals surface area contributed by atoms with Crippen molar-refractivity contribution >= 4 is 18.3 Å². The number of nitrogens with two attached hydrogens (primary N) is 1. The van der Waals surface area contributed by atoms with E-state index in [1.165, 1.54) is 0 Å². The normalized spacial score (nSPS) is 25.4. The molecule has 3 unspecified atom stereocenters. The number of amides is 1. The predicted octanol–water partition coefficient (Wildman–Crippen LogP) is 2.28. The SMILES string of the molecule is Cc1onc(-c2ccccn2)c1C(=O)N1CC2CCC(N)C2C1.Cl. The average Bonchev–Trinajstić information content (AvgIpc) is 3.24. The molecule has 128 valence electrons. The third-order valence-corrected chi connectivity index (χ3v) is 5.18. The highest BCUT2D eigenvalue weighted by atomic mass is 35.5. The quantitative estimate of drug-likeness (QED) is 0.899. The zero-order valence-corrected chi connectivity index (χ0v) is 14.3. The first-order valence-electron chi connectivity index (χ1n) is 8.07. The summed E-state index contributed by atoms with van der Waals surface area (Å²) in [7, 11) is 0. The predicted molar refractivity (Wildman–Crippen MR) is 91.8 cm³/mol. The van der Waals surface area contributed by atoms with Crippen LogP contribution < -0.4 is 5.73 Å². The van der Waals surface area contributed by atoms with E-state index in [1.54, 1.807) is 13.1 Å². The van der Waals surface area contributed by atoms with Gasteiger partial charge in [-0.2, -0.15) is 0 Å². The maximum Gasteiger partial charge on any atom is 0.259 e. The Balaban J connectivity index is 0.00000169. The topological polar surface area (TPSA) is 85.2 Å². The molecule has 0 aromatic carbocycles. The van der Waals surface area contributed by atoms with Gasteiger partial charge in [0.1, 0.15) is 17.0 Å². The van der Waals surface area contributed by atoms with E-state index in [-0.39, 0.29) is 24.4 Å². The lowest BCUT2D eigenvalue weighted by Crippen LogP contribution is -2.33. The van der Waals surface area contributed by atoms with E-state index < -0.39 is 0 Å². The molecule has 7 heteroatoms. The lowest BCUT2D eigenvalue weighted by atomic mass is 9.98. The molecule has 0 bridgehead atoms. The Bertz CT molecular complexity index is 733. The minimum Gasteiger partial charge on any atom is -0.360 e. The molecule has 2 aliphatic rings. The molecule has 2 aromatic rings. The molecular weight excluding hydrogens is 328 g/mol. The minimum absolute atomic E-state index is 0. The standard InChI is InChI=1S/C17H20N4O2.ClH/c1-10-15(16(20-23-10)14-4-2-3-7-19-14)17(22)21-8-11-5-6-13(18)12(11)9-21;/h2-4,7,11-13H,5-6,8-9,18H2,1H3;1H. The number of aromatic nitrogens is 2. The third kappa shape index (κ3) is 2.70. The van der Waals surface area contributed by atoms with Gasteiger partial charge in [-0.3, -0.25) is 9.78 Å². The number of fused-ring (bicyclic) bond motifs is 1. The summed E-state index contributed by atoms with van der Waals surface area (Å²) in [5.41, 5.74) is 7.88.